The molecule has 0 aliphatic heterocycles. The van der Waals surface area contributed by atoms with E-state index in [0.717, 1.165) is 11.6 Å². The van der Waals surface area contributed by atoms with Gasteiger partial charge in [0, 0.05) is 17.8 Å². The van der Waals surface area contributed by atoms with Crippen LogP contribution in [0.3, 0.4) is 0 Å². The monoisotopic (exact) mass is 442 g/mol. The molecule has 0 atom stereocenters. The van der Waals surface area contributed by atoms with Crippen molar-refractivity contribution in [3.8, 4) is 11.4 Å². The van der Waals surface area contributed by atoms with Gasteiger partial charge in [-0.3, -0.25) is 9.79 Å². The van der Waals surface area contributed by atoms with Crippen molar-refractivity contribution in [1.29, 1.82) is 0 Å². The van der Waals surface area contributed by atoms with Crippen molar-refractivity contribution >= 4 is 28.3 Å². The van der Waals surface area contributed by atoms with E-state index >= 15 is 0 Å². The van der Waals surface area contributed by atoms with Gasteiger partial charge < -0.3 is 11.1 Å². The van der Waals surface area contributed by atoms with Gasteiger partial charge in [-0.1, -0.05) is 0 Å². The number of nitrogens with one attached hydrogen (secondary N) is 1. The normalized spacial score (nSPS) is 12.5. The van der Waals surface area contributed by atoms with E-state index in [1.807, 2.05) is 6.92 Å². The number of alkyl halides is 3. The van der Waals surface area contributed by atoms with E-state index in [-0.39, 0.29) is 11.2 Å². The molecule has 0 aliphatic rings. The number of carbonyl (C=O) groups excluding carboxylic acids is 1. The van der Waals surface area contributed by atoms with Crippen LogP contribution in [0.4, 0.5) is 18.9 Å². The minimum absolute atomic E-state index is 0.0670. The number of halogens is 3. The Labute approximate surface area is 182 Å². The number of aromatic nitrogens is 3. The summed E-state index contributed by atoms with van der Waals surface area (Å²) in [4.78, 5) is 28.7. The van der Waals surface area contributed by atoms with Crippen molar-refractivity contribution in [3.63, 3.8) is 0 Å². The van der Waals surface area contributed by atoms with Crippen LogP contribution in [0.15, 0.2) is 47.7 Å². The van der Waals surface area contributed by atoms with Gasteiger partial charge in [-0.25, -0.2) is 15.0 Å². The molecular weight excluding hydrogens is 421 g/mol. The molecule has 0 aliphatic carbocycles. The predicted octanol–water partition coefficient (Wildman–Crippen LogP) is 4.20. The minimum Gasteiger partial charge on any atom is -0.405 e. The van der Waals surface area contributed by atoms with Crippen molar-refractivity contribution in [2.24, 2.45) is 10.7 Å². The standard InChI is InChI=1S/C22H21F3N6O/c1-4-27-16(7-8-26)21(32)30-15-6-5-14(9-12(15)2)20-28-11-17-19(31-20)13(3)10-18(29-17)22(23,24)25/h5-11H,4,26H2,1-3H3,(H,30,32). The average molecular weight is 442 g/mol. The molecule has 2 aromatic heterocycles. The molecule has 0 spiro atoms. The van der Waals surface area contributed by atoms with Gasteiger partial charge >= 0.3 is 6.18 Å². The lowest BCUT2D eigenvalue weighted by Crippen LogP contribution is -2.22. The quantitative estimate of drug-likeness (QED) is 0.576. The van der Waals surface area contributed by atoms with Crippen LogP contribution in [0, 0.1) is 13.8 Å². The lowest BCUT2D eigenvalue weighted by Gasteiger charge is -2.11. The van der Waals surface area contributed by atoms with Gasteiger partial charge in [0.25, 0.3) is 5.91 Å². The first-order valence-electron chi connectivity index (χ1n) is 9.70. The molecule has 1 amide bonds. The van der Waals surface area contributed by atoms with Gasteiger partial charge in [-0.2, -0.15) is 13.2 Å². The Balaban J connectivity index is 1.92. The number of nitrogens with two attached hydrogens (primary N) is 1. The molecule has 3 aromatic rings. The fourth-order valence-corrected chi connectivity index (χ4v) is 3.06. The number of rotatable bonds is 5. The van der Waals surface area contributed by atoms with Crippen molar-refractivity contribution in [1.82, 2.24) is 15.0 Å². The lowest BCUT2D eigenvalue weighted by molar-refractivity contribution is -0.141. The van der Waals surface area contributed by atoms with Crippen LogP contribution in [-0.4, -0.2) is 33.1 Å². The van der Waals surface area contributed by atoms with E-state index in [0.29, 0.717) is 34.7 Å². The maximum Gasteiger partial charge on any atom is 0.433 e. The highest BCUT2D eigenvalue weighted by atomic mass is 19.4. The molecule has 0 fully saturated rings. The molecule has 0 radical (unpaired) electrons. The van der Waals surface area contributed by atoms with Gasteiger partial charge in [0.15, 0.2) is 5.82 Å². The highest BCUT2D eigenvalue weighted by Gasteiger charge is 2.33. The van der Waals surface area contributed by atoms with Crippen molar-refractivity contribution in [2.45, 2.75) is 26.9 Å². The molecule has 2 heterocycles. The summed E-state index contributed by atoms with van der Waals surface area (Å²) in [6, 6.07) is 6.16. The zero-order valence-electron chi connectivity index (χ0n) is 17.7. The van der Waals surface area contributed by atoms with Crippen LogP contribution in [-0.2, 0) is 11.0 Å². The lowest BCUT2D eigenvalue weighted by atomic mass is 10.1. The van der Waals surface area contributed by atoms with E-state index in [2.05, 4.69) is 25.3 Å². The minimum atomic E-state index is -4.54. The second-order valence-electron chi connectivity index (χ2n) is 6.95. The molecule has 7 nitrogen and oxygen atoms in total. The molecule has 0 bridgehead atoms. The van der Waals surface area contributed by atoms with Gasteiger partial charge in [0.1, 0.15) is 16.9 Å². The molecule has 0 unspecified atom stereocenters. The number of hydrogen-bond acceptors (Lipinski definition) is 6. The second kappa shape index (κ2) is 9.13. The Morgan fingerprint density at radius 3 is 2.56 bits per heavy atom. The van der Waals surface area contributed by atoms with Gasteiger partial charge in [-0.05, 0) is 68.4 Å². The van der Waals surface area contributed by atoms with Crippen molar-refractivity contribution in [3.05, 3.63) is 59.6 Å². The molecule has 1 aromatic carbocycles. The fraction of sp³-hybridized carbons (Fsp3) is 0.227. The number of hydrogen-bond donors (Lipinski definition) is 2. The molecule has 0 saturated carbocycles. The summed E-state index contributed by atoms with van der Waals surface area (Å²) in [6.45, 7) is 5.59. The summed E-state index contributed by atoms with van der Waals surface area (Å²) in [5, 5.41) is 2.78. The molecule has 10 heteroatoms. The average Bonchev–Trinajstić information content (AvgIpc) is 2.74. The highest BCUT2D eigenvalue weighted by Crippen LogP contribution is 2.31. The number of aryl methyl sites for hydroxylation is 2. The van der Waals surface area contributed by atoms with Crippen LogP contribution >= 0.6 is 0 Å². The molecule has 0 saturated heterocycles. The zero-order valence-corrected chi connectivity index (χ0v) is 17.7. The Hall–Kier alpha value is -3.82. The van der Waals surface area contributed by atoms with E-state index in [1.165, 1.54) is 18.5 Å². The second-order valence-corrected chi connectivity index (χ2v) is 6.95. The number of benzene rings is 1. The number of nitrogens with zero attached hydrogens (tertiary/aromatic N) is 4. The third kappa shape index (κ3) is 4.90. The van der Waals surface area contributed by atoms with E-state index in [1.54, 1.807) is 32.0 Å². The smallest absolute Gasteiger partial charge is 0.405 e. The third-order valence-corrected chi connectivity index (χ3v) is 4.58. The molecular formula is C22H21F3N6O. The number of anilines is 1. The first kappa shape index (κ1) is 22.9. The number of aliphatic imine (C=N–C) groups is 1. The molecule has 3 rings (SSSR count). The van der Waals surface area contributed by atoms with Gasteiger partial charge in [0.2, 0.25) is 0 Å². The number of pyridine rings is 1. The highest BCUT2D eigenvalue weighted by molar-refractivity contribution is 6.47. The topological polar surface area (TPSA) is 106 Å². The Kier molecular flexibility index (Phi) is 6.52. The van der Waals surface area contributed by atoms with Gasteiger partial charge in [-0.15, -0.1) is 0 Å². The van der Waals surface area contributed by atoms with E-state index < -0.39 is 17.8 Å². The van der Waals surface area contributed by atoms with Crippen LogP contribution in [0.5, 0.6) is 0 Å². The largest absolute Gasteiger partial charge is 0.433 e. The summed E-state index contributed by atoms with van der Waals surface area (Å²) in [5.41, 5.74) is 7.31. The molecule has 32 heavy (non-hydrogen) atoms. The summed E-state index contributed by atoms with van der Waals surface area (Å²) >= 11 is 0. The SMILES string of the molecule is CCN=C(C=CN)C(=O)Nc1ccc(-c2ncc3nc(C(F)(F)F)cc(C)c3n2)cc1C. The summed E-state index contributed by atoms with van der Waals surface area (Å²) < 4.78 is 39.0. The fourth-order valence-electron chi connectivity index (χ4n) is 3.06. The maximum atomic E-state index is 13.0. The predicted molar refractivity (Wildman–Crippen MR) is 117 cm³/mol. The van der Waals surface area contributed by atoms with E-state index in [9.17, 15) is 18.0 Å². The van der Waals surface area contributed by atoms with Crippen molar-refractivity contribution in [2.75, 3.05) is 11.9 Å². The maximum absolute atomic E-state index is 13.0. The van der Waals surface area contributed by atoms with Crippen LogP contribution in [0.1, 0.15) is 23.7 Å². The van der Waals surface area contributed by atoms with Crippen molar-refractivity contribution < 1.29 is 18.0 Å². The molecule has 3 N–H and O–H groups in total. The third-order valence-electron chi connectivity index (χ3n) is 4.58. The van der Waals surface area contributed by atoms with Crippen LogP contribution in [0.2, 0.25) is 0 Å². The Morgan fingerprint density at radius 1 is 1.19 bits per heavy atom. The molecule has 166 valence electrons. The van der Waals surface area contributed by atoms with Gasteiger partial charge in [0.05, 0.1) is 11.7 Å². The summed E-state index contributed by atoms with van der Waals surface area (Å²) in [6.07, 6.45) is -0.601. The van der Waals surface area contributed by atoms with Crippen LogP contribution < -0.4 is 11.1 Å². The Morgan fingerprint density at radius 2 is 1.94 bits per heavy atom. The van der Waals surface area contributed by atoms with Crippen LogP contribution in [0.25, 0.3) is 22.4 Å². The first-order chi connectivity index (χ1) is 15.1. The number of fused-ring (bicyclic) bond motifs is 1. The van der Waals surface area contributed by atoms with E-state index in [4.69, 9.17) is 5.73 Å². The Bertz CT molecular complexity index is 1230. The summed E-state index contributed by atoms with van der Waals surface area (Å²) in [5.74, 6) is -0.0593. The zero-order chi connectivity index (χ0) is 23.5. The number of amides is 1. The number of carbonyl (C=O) groups is 1. The first-order valence-corrected chi connectivity index (χ1v) is 9.70. The summed E-state index contributed by atoms with van der Waals surface area (Å²) in [7, 11) is 0.